The maximum atomic E-state index is 5.50. The summed E-state index contributed by atoms with van der Waals surface area (Å²) < 4.78 is 16.3. The van der Waals surface area contributed by atoms with Gasteiger partial charge in [0.2, 0.25) is 0 Å². The second-order valence-corrected chi connectivity index (χ2v) is 7.84. The van der Waals surface area contributed by atoms with Crippen LogP contribution in [-0.2, 0) is 9.47 Å². The highest BCUT2D eigenvalue weighted by Gasteiger charge is 2.32. The van der Waals surface area contributed by atoms with Gasteiger partial charge in [-0.3, -0.25) is 9.34 Å². The average Bonchev–Trinajstić information content (AvgIpc) is 2.50. The monoisotopic (exact) mass is 268 g/mol. The van der Waals surface area contributed by atoms with Crippen LogP contribution in [0.4, 0.5) is 0 Å². The number of rotatable bonds is 2. The Morgan fingerprint density at radius 1 is 0.722 bits per heavy atom. The summed E-state index contributed by atoms with van der Waals surface area (Å²) in [6.07, 6.45) is 6.54. The molecule has 2 fully saturated rings. The third-order valence-corrected chi connectivity index (χ3v) is 7.55. The molecule has 0 spiro atoms. The van der Waals surface area contributed by atoms with E-state index in [1.54, 1.807) is 0 Å². The molecule has 3 aliphatic heterocycles. The molecule has 0 aromatic heterocycles. The number of hydrogen-bond acceptors (Lipinski definition) is 4. The van der Waals surface area contributed by atoms with Gasteiger partial charge in [0, 0.05) is 33.4 Å². The average molecular weight is 268 g/mol. The summed E-state index contributed by atoms with van der Waals surface area (Å²) >= 11 is 0. The van der Waals surface area contributed by atoms with Crippen molar-refractivity contribution in [1.29, 1.82) is 0 Å². The highest BCUT2D eigenvalue weighted by atomic mass is 31.2. The van der Waals surface area contributed by atoms with Gasteiger partial charge < -0.3 is 9.47 Å². The molecule has 0 bridgehead atoms. The number of nitrogens with zero attached hydrogens (tertiary/aromatic N) is 2. The maximum Gasteiger partial charge on any atom is 0.0597 e. The first kappa shape index (κ1) is 12.6. The first-order valence-electron chi connectivity index (χ1n) is 6.67. The van der Waals surface area contributed by atoms with Crippen LogP contribution in [0.5, 0.6) is 0 Å². The van der Waals surface area contributed by atoms with Crippen molar-refractivity contribution in [1.82, 2.24) is 9.34 Å². The Hall–Kier alpha value is -0.380. The Balaban J connectivity index is 1.90. The molecule has 0 radical (unpaired) electrons. The third kappa shape index (κ3) is 2.36. The quantitative estimate of drug-likeness (QED) is 0.707. The van der Waals surface area contributed by atoms with E-state index >= 15 is 0 Å². The molecule has 18 heavy (non-hydrogen) atoms. The molecule has 0 amide bonds. The molecule has 3 heterocycles. The van der Waals surface area contributed by atoms with Crippen LogP contribution in [0.3, 0.4) is 0 Å². The van der Waals surface area contributed by atoms with Crippen LogP contribution < -0.4 is 0 Å². The minimum atomic E-state index is -1.43. The fourth-order valence-corrected chi connectivity index (χ4v) is 6.30. The summed E-state index contributed by atoms with van der Waals surface area (Å²) in [6, 6.07) is 0. The molecule has 3 aliphatic rings. The van der Waals surface area contributed by atoms with Gasteiger partial charge in [-0.1, -0.05) is 18.2 Å². The van der Waals surface area contributed by atoms with Crippen molar-refractivity contribution in [2.24, 2.45) is 0 Å². The minimum absolute atomic E-state index is 0.859. The standard InChI is InChI=1S/C13H21N2O2P/c1-2-12-18(13-3-1,14-4-8-16-9-5-14)15-6-10-17-11-7-15/h1-3,12-13H,4-11H2. The molecule has 4 nitrogen and oxygen atoms in total. The van der Waals surface area contributed by atoms with Crippen LogP contribution in [-0.4, -0.2) is 67.7 Å². The lowest BCUT2D eigenvalue weighted by molar-refractivity contribution is 0.0586. The van der Waals surface area contributed by atoms with E-state index in [-0.39, 0.29) is 0 Å². The Morgan fingerprint density at radius 3 is 1.72 bits per heavy atom. The Kier molecular flexibility index (Phi) is 4.02. The molecule has 2 saturated heterocycles. The Morgan fingerprint density at radius 2 is 1.28 bits per heavy atom. The smallest absolute Gasteiger partial charge is 0.0597 e. The summed E-state index contributed by atoms with van der Waals surface area (Å²) in [6.45, 7) is 7.60. The fraction of sp³-hybridized carbons (Fsp3) is 0.615. The molecular weight excluding hydrogens is 247 g/mol. The van der Waals surface area contributed by atoms with Crippen molar-refractivity contribution in [2.75, 3.05) is 52.6 Å². The van der Waals surface area contributed by atoms with Crippen LogP contribution >= 0.6 is 7.19 Å². The van der Waals surface area contributed by atoms with Crippen molar-refractivity contribution < 1.29 is 9.47 Å². The molecule has 0 atom stereocenters. The van der Waals surface area contributed by atoms with Gasteiger partial charge in [0.05, 0.1) is 26.4 Å². The first-order valence-corrected chi connectivity index (χ1v) is 8.50. The lowest BCUT2D eigenvalue weighted by Crippen LogP contribution is -2.43. The van der Waals surface area contributed by atoms with Crippen LogP contribution in [0.15, 0.2) is 24.0 Å². The minimum Gasteiger partial charge on any atom is -0.379 e. The topological polar surface area (TPSA) is 24.9 Å². The van der Waals surface area contributed by atoms with Gasteiger partial charge >= 0.3 is 0 Å². The van der Waals surface area contributed by atoms with E-state index in [1.807, 2.05) is 0 Å². The SMILES string of the molecule is C1=CC=P(N2CCOCC2)(N2CCOCC2)C=C1. The van der Waals surface area contributed by atoms with E-state index in [1.165, 1.54) is 0 Å². The molecule has 0 saturated carbocycles. The number of ether oxygens (including phenoxy) is 2. The summed E-state index contributed by atoms with van der Waals surface area (Å²) in [7, 11) is -1.43. The predicted molar refractivity (Wildman–Crippen MR) is 76.0 cm³/mol. The predicted octanol–water partition coefficient (Wildman–Crippen LogP) is 1.38. The number of hydrogen-bond donors (Lipinski definition) is 0. The number of allylic oxidation sites excluding steroid dienone is 3. The molecular formula is C13H21N2O2P. The van der Waals surface area contributed by atoms with E-state index in [2.05, 4.69) is 39.2 Å². The van der Waals surface area contributed by atoms with E-state index in [9.17, 15) is 0 Å². The number of morpholine rings is 2. The molecule has 0 aromatic rings. The largest absolute Gasteiger partial charge is 0.379 e. The maximum absolute atomic E-state index is 5.50. The van der Waals surface area contributed by atoms with E-state index in [0.29, 0.717) is 0 Å². The van der Waals surface area contributed by atoms with E-state index in [4.69, 9.17) is 9.47 Å². The first-order chi connectivity index (χ1) is 8.92. The van der Waals surface area contributed by atoms with Crippen molar-refractivity contribution in [3.05, 3.63) is 24.0 Å². The summed E-state index contributed by atoms with van der Waals surface area (Å²) in [5, 5.41) is 0. The Labute approximate surface area is 109 Å². The van der Waals surface area contributed by atoms with Crippen LogP contribution in [0.2, 0.25) is 0 Å². The second kappa shape index (κ2) is 5.72. The van der Waals surface area contributed by atoms with Crippen LogP contribution in [0, 0.1) is 0 Å². The van der Waals surface area contributed by atoms with Gasteiger partial charge in [-0.05, 0) is 11.6 Å². The van der Waals surface area contributed by atoms with Gasteiger partial charge in [-0.15, -0.1) is 0 Å². The molecule has 0 unspecified atom stereocenters. The van der Waals surface area contributed by atoms with Crippen molar-refractivity contribution >= 4 is 13.0 Å². The lowest BCUT2D eigenvalue weighted by Gasteiger charge is -2.47. The summed E-state index contributed by atoms with van der Waals surface area (Å²) in [5.41, 5.74) is 0. The zero-order valence-corrected chi connectivity index (χ0v) is 11.6. The normalized spacial score (nSPS) is 29.1. The molecule has 0 aliphatic carbocycles. The van der Waals surface area contributed by atoms with Crippen molar-refractivity contribution in [3.63, 3.8) is 0 Å². The van der Waals surface area contributed by atoms with E-state index in [0.717, 1.165) is 52.6 Å². The molecule has 0 N–H and O–H groups in total. The van der Waals surface area contributed by atoms with Crippen molar-refractivity contribution in [3.8, 4) is 0 Å². The van der Waals surface area contributed by atoms with Crippen molar-refractivity contribution in [2.45, 2.75) is 0 Å². The zero-order chi connectivity index (χ0) is 12.3. The van der Waals surface area contributed by atoms with Gasteiger partial charge in [0.15, 0.2) is 0 Å². The highest BCUT2D eigenvalue weighted by molar-refractivity contribution is 7.73. The fourth-order valence-electron chi connectivity index (χ4n) is 2.77. The third-order valence-electron chi connectivity index (χ3n) is 3.71. The van der Waals surface area contributed by atoms with Gasteiger partial charge in [0.1, 0.15) is 0 Å². The lowest BCUT2D eigenvalue weighted by atomic mass is 10.5. The van der Waals surface area contributed by atoms with E-state index < -0.39 is 7.19 Å². The molecule has 0 aromatic carbocycles. The molecule has 3 rings (SSSR count). The molecule has 5 heteroatoms. The highest BCUT2D eigenvalue weighted by Crippen LogP contribution is 2.56. The molecule has 100 valence electrons. The summed E-state index contributed by atoms with van der Waals surface area (Å²) in [5.74, 6) is 4.84. The summed E-state index contributed by atoms with van der Waals surface area (Å²) in [4.78, 5) is 0. The second-order valence-electron chi connectivity index (χ2n) is 4.71. The van der Waals surface area contributed by atoms with Gasteiger partial charge in [0.25, 0.3) is 0 Å². The van der Waals surface area contributed by atoms with Gasteiger partial charge in [-0.25, -0.2) is 0 Å². The zero-order valence-electron chi connectivity index (χ0n) is 10.7. The van der Waals surface area contributed by atoms with Crippen LogP contribution in [0.1, 0.15) is 0 Å². The Bertz CT molecular complexity index is 372. The van der Waals surface area contributed by atoms with Gasteiger partial charge in [-0.2, -0.15) is 0 Å². The van der Waals surface area contributed by atoms with Crippen LogP contribution in [0.25, 0.3) is 0 Å².